The molecule has 0 fully saturated rings. The van der Waals surface area contributed by atoms with E-state index in [0.717, 1.165) is 18.1 Å². The van der Waals surface area contributed by atoms with Crippen LogP contribution in [0.4, 0.5) is 0 Å². The fourth-order valence-electron chi connectivity index (χ4n) is 2.16. The van der Waals surface area contributed by atoms with Gasteiger partial charge in [0, 0.05) is 24.5 Å². The molecule has 1 N–H and O–H groups in total. The van der Waals surface area contributed by atoms with Gasteiger partial charge < -0.3 is 10.1 Å². The first-order valence-electron chi connectivity index (χ1n) is 6.98. The van der Waals surface area contributed by atoms with Crippen molar-refractivity contribution in [3.05, 3.63) is 66.1 Å². The Morgan fingerprint density at radius 2 is 1.83 bits per heavy atom. The molecule has 0 saturated heterocycles. The molecule has 0 bridgehead atoms. The highest BCUT2D eigenvalue weighted by atomic mass is 127. The van der Waals surface area contributed by atoms with Crippen LogP contribution in [0, 0.1) is 3.57 Å². The SMILES string of the molecule is COC(=O)[C@H](Cc1cccc(I)c1)NC(=O)c1cc(Br)cc(Br)c1. The highest BCUT2D eigenvalue weighted by molar-refractivity contribution is 14.1. The minimum atomic E-state index is -0.751. The number of methoxy groups -OCH3 is 1. The Hall–Kier alpha value is -0.930. The molecule has 2 aromatic carbocycles. The van der Waals surface area contributed by atoms with Crippen molar-refractivity contribution >= 4 is 66.3 Å². The summed E-state index contributed by atoms with van der Waals surface area (Å²) in [6.07, 6.45) is 0.366. The summed E-state index contributed by atoms with van der Waals surface area (Å²) >= 11 is 8.91. The molecule has 24 heavy (non-hydrogen) atoms. The number of hydrogen-bond donors (Lipinski definition) is 1. The van der Waals surface area contributed by atoms with Crippen LogP contribution in [0.1, 0.15) is 15.9 Å². The number of benzene rings is 2. The van der Waals surface area contributed by atoms with Crippen LogP contribution >= 0.6 is 54.5 Å². The van der Waals surface area contributed by atoms with Gasteiger partial charge in [0.2, 0.25) is 0 Å². The van der Waals surface area contributed by atoms with Crippen molar-refractivity contribution < 1.29 is 14.3 Å². The van der Waals surface area contributed by atoms with Crippen molar-refractivity contribution in [2.45, 2.75) is 12.5 Å². The first-order valence-corrected chi connectivity index (χ1v) is 9.64. The molecule has 0 saturated carbocycles. The molecule has 0 aliphatic carbocycles. The lowest BCUT2D eigenvalue weighted by molar-refractivity contribution is -0.142. The minimum Gasteiger partial charge on any atom is -0.467 e. The highest BCUT2D eigenvalue weighted by Crippen LogP contribution is 2.20. The molecule has 2 aromatic rings. The van der Waals surface area contributed by atoms with Crippen LogP contribution in [0.2, 0.25) is 0 Å². The Balaban J connectivity index is 2.19. The molecule has 0 radical (unpaired) electrons. The second kappa shape index (κ2) is 8.96. The maximum Gasteiger partial charge on any atom is 0.328 e. The van der Waals surface area contributed by atoms with E-state index in [1.807, 2.05) is 30.3 Å². The number of nitrogens with one attached hydrogen (secondary N) is 1. The number of rotatable bonds is 5. The van der Waals surface area contributed by atoms with E-state index in [9.17, 15) is 9.59 Å². The average Bonchev–Trinajstić information content (AvgIpc) is 2.52. The third-order valence-corrected chi connectivity index (χ3v) is 4.83. The van der Waals surface area contributed by atoms with Crippen molar-refractivity contribution in [2.75, 3.05) is 7.11 Å². The third-order valence-electron chi connectivity index (χ3n) is 3.24. The van der Waals surface area contributed by atoms with Gasteiger partial charge in [-0.2, -0.15) is 0 Å². The number of carbonyl (C=O) groups is 2. The van der Waals surface area contributed by atoms with Crippen molar-refractivity contribution in [3.63, 3.8) is 0 Å². The first kappa shape index (κ1) is 19.4. The van der Waals surface area contributed by atoms with Gasteiger partial charge >= 0.3 is 5.97 Å². The van der Waals surface area contributed by atoms with E-state index in [2.05, 4.69) is 59.8 Å². The second-order valence-electron chi connectivity index (χ2n) is 5.04. The topological polar surface area (TPSA) is 55.4 Å². The van der Waals surface area contributed by atoms with E-state index in [1.54, 1.807) is 12.1 Å². The summed E-state index contributed by atoms with van der Waals surface area (Å²) in [6.45, 7) is 0. The quantitative estimate of drug-likeness (QED) is 0.433. The molecule has 0 aromatic heterocycles. The van der Waals surface area contributed by atoms with Gasteiger partial charge in [-0.1, -0.05) is 44.0 Å². The van der Waals surface area contributed by atoms with E-state index in [0.29, 0.717) is 12.0 Å². The highest BCUT2D eigenvalue weighted by Gasteiger charge is 2.23. The normalized spacial score (nSPS) is 11.7. The lowest BCUT2D eigenvalue weighted by atomic mass is 10.1. The van der Waals surface area contributed by atoms with Crippen LogP contribution in [-0.2, 0) is 16.0 Å². The van der Waals surface area contributed by atoms with E-state index in [-0.39, 0.29) is 5.91 Å². The number of carbonyl (C=O) groups excluding carboxylic acids is 2. The van der Waals surface area contributed by atoms with Crippen LogP contribution in [0.25, 0.3) is 0 Å². The molecule has 0 aliphatic heterocycles. The summed E-state index contributed by atoms with van der Waals surface area (Å²) in [5.41, 5.74) is 1.40. The van der Waals surface area contributed by atoms with Gasteiger partial charge in [-0.15, -0.1) is 0 Å². The smallest absolute Gasteiger partial charge is 0.328 e. The van der Waals surface area contributed by atoms with Gasteiger partial charge in [0.1, 0.15) is 6.04 Å². The van der Waals surface area contributed by atoms with Crippen molar-refractivity contribution in [3.8, 4) is 0 Å². The number of amides is 1. The molecule has 0 spiro atoms. The van der Waals surface area contributed by atoms with E-state index < -0.39 is 12.0 Å². The molecule has 7 heteroatoms. The maximum absolute atomic E-state index is 12.5. The molecule has 0 aliphatic rings. The van der Waals surface area contributed by atoms with Crippen molar-refractivity contribution in [1.82, 2.24) is 5.32 Å². The van der Waals surface area contributed by atoms with E-state index >= 15 is 0 Å². The fourth-order valence-corrected chi connectivity index (χ4v) is 4.06. The van der Waals surface area contributed by atoms with Crippen LogP contribution in [0.3, 0.4) is 0 Å². The van der Waals surface area contributed by atoms with Gasteiger partial charge in [0.15, 0.2) is 0 Å². The summed E-state index contributed by atoms with van der Waals surface area (Å²) in [5, 5.41) is 2.75. The van der Waals surface area contributed by atoms with E-state index in [1.165, 1.54) is 7.11 Å². The van der Waals surface area contributed by atoms with Crippen LogP contribution in [-0.4, -0.2) is 25.0 Å². The maximum atomic E-state index is 12.5. The van der Waals surface area contributed by atoms with Crippen LogP contribution in [0.15, 0.2) is 51.4 Å². The molecule has 2 rings (SSSR count). The summed E-state index contributed by atoms with van der Waals surface area (Å²) in [6, 6.07) is 12.2. The van der Waals surface area contributed by atoms with Crippen molar-refractivity contribution in [1.29, 1.82) is 0 Å². The first-order chi connectivity index (χ1) is 11.4. The lowest BCUT2D eigenvalue weighted by Gasteiger charge is -2.17. The Bertz CT molecular complexity index is 747. The predicted octanol–water partition coefficient (Wildman–Crippen LogP) is 4.33. The Labute approximate surface area is 170 Å². The molecule has 1 atom stereocenters. The molecule has 126 valence electrons. The summed E-state index contributed by atoms with van der Waals surface area (Å²) in [4.78, 5) is 24.5. The molecule has 0 unspecified atom stereocenters. The number of esters is 1. The Morgan fingerprint density at radius 1 is 1.17 bits per heavy atom. The fraction of sp³-hybridized carbons (Fsp3) is 0.176. The zero-order valence-corrected chi connectivity index (χ0v) is 18.0. The zero-order valence-electron chi connectivity index (χ0n) is 12.7. The molecular weight excluding hydrogens is 553 g/mol. The minimum absolute atomic E-state index is 0.335. The predicted molar refractivity (Wildman–Crippen MR) is 108 cm³/mol. The molecule has 1 amide bonds. The second-order valence-corrected chi connectivity index (χ2v) is 8.12. The van der Waals surface area contributed by atoms with Gasteiger partial charge in [0.05, 0.1) is 7.11 Å². The van der Waals surface area contributed by atoms with Gasteiger partial charge in [0.25, 0.3) is 5.91 Å². The lowest BCUT2D eigenvalue weighted by Crippen LogP contribution is -2.43. The van der Waals surface area contributed by atoms with Crippen LogP contribution in [0.5, 0.6) is 0 Å². The van der Waals surface area contributed by atoms with Crippen molar-refractivity contribution in [2.24, 2.45) is 0 Å². The molecule has 4 nitrogen and oxygen atoms in total. The molecular formula is C17H14Br2INO3. The van der Waals surface area contributed by atoms with Crippen LogP contribution < -0.4 is 5.32 Å². The summed E-state index contributed by atoms with van der Waals surface area (Å²) < 4.78 is 7.44. The zero-order chi connectivity index (χ0) is 17.7. The largest absolute Gasteiger partial charge is 0.467 e. The van der Waals surface area contributed by atoms with Gasteiger partial charge in [-0.05, 0) is 58.5 Å². The number of halogens is 3. The number of ether oxygens (including phenoxy) is 1. The Morgan fingerprint density at radius 3 is 2.42 bits per heavy atom. The molecule has 0 heterocycles. The average molecular weight is 567 g/mol. The van der Waals surface area contributed by atoms with Gasteiger partial charge in [-0.3, -0.25) is 4.79 Å². The number of hydrogen-bond acceptors (Lipinski definition) is 3. The van der Waals surface area contributed by atoms with E-state index in [4.69, 9.17) is 4.74 Å². The Kier molecular flexibility index (Phi) is 7.24. The summed E-state index contributed by atoms with van der Waals surface area (Å²) in [5.74, 6) is -0.811. The third kappa shape index (κ3) is 5.56. The monoisotopic (exact) mass is 565 g/mol. The van der Waals surface area contributed by atoms with Gasteiger partial charge in [-0.25, -0.2) is 4.79 Å². The summed E-state index contributed by atoms with van der Waals surface area (Å²) in [7, 11) is 1.31. The standard InChI is InChI=1S/C17H14Br2INO3/c1-24-17(23)15(6-10-3-2-4-14(20)5-10)21-16(22)11-7-12(18)9-13(19)8-11/h2-5,7-9,15H,6H2,1H3,(H,21,22)/t15-/m0/s1.